The summed E-state index contributed by atoms with van der Waals surface area (Å²) in [5.41, 5.74) is 7.88. The number of benzene rings is 2. The van der Waals surface area contributed by atoms with Crippen LogP contribution < -0.4 is 5.73 Å². The normalized spacial score (nSPS) is 12.8. The number of aliphatic carboxylic acids is 1. The molecule has 0 spiro atoms. The van der Waals surface area contributed by atoms with Crippen molar-refractivity contribution in [2.45, 2.75) is 18.6 Å². The van der Waals surface area contributed by atoms with Crippen molar-refractivity contribution in [1.82, 2.24) is 0 Å². The topological polar surface area (TPSA) is 121 Å². The van der Waals surface area contributed by atoms with Crippen molar-refractivity contribution in [2.24, 2.45) is 5.73 Å². The molecule has 2 aromatic carbocycles. The first-order valence-electron chi connectivity index (χ1n) is 7.06. The van der Waals surface area contributed by atoms with E-state index in [9.17, 15) is 19.1 Å². The molecule has 0 fully saturated rings. The summed E-state index contributed by atoms with van der Waals surface area (Å²) in [6.07, 6.45) is -0.400. The van der Waals surface area contributed by atoms with E-state index in [4.69, 9.17) is 22.4 Å². The molecule has 0 unspecified atom stereocenters. The van der Waals surface area contributed by atoms with Gasteiger partial charge in [0.15, 0.2) is 0 Å². The fraction of sp³-hybridized carbons (Fsp3) is 0.188. The predicted octanol–water partition coefficient (Wildman–Crippen LogP) is 2.64. The Hall–Kier alpha value is -1.69. The molecular weight excluding hydrogens is 353 g/mol. The number of carbonyl (C=O) groups is 1. The van der Waals surface area contributed by atoms with Crippen LogP contribution in [0.25, 0.3) is 11.1 Å². The van der Waals surface area contributed by atoms with Crippen LogP contribution in [0.3, 0.4) is 0 Å². The van der Waals surface area contributed by atoms with Crippen molar-refractivity contribution in [3.05, 3.63) is 58.6 Å². The van der Waals surface area contributed by atoms with Crippen LogP contribution >= 0.6 is 19.2 Å². The minimum absolute atomic E-state index is 0.0434. The smallest absolute Gasteiger partial charge is 0.329 e. The Morgan fingerprint density at radius 1 is 1.17 bits per heavy atom. The Labute approximate surface area is 144 Å². The Bertz CT molecular complexity index is 805. The van der Waals surface area contributed by atoms with Gasteiger partial charge in [-0.2, -0.15) is 0 Å². The first-order chi connectivity index (χ1) is 11.2. The summed E-state index contributed by atoms with van der Waals surface area (Å²) < 4.78 is 11.3. The highest BCUT2D eigenvalue weighted by Crippen LogP contribution is 2.40. The summed E-state index contributed by atoms with van der Waals surface area (Å²) in [6, 6.07) is 10.9. The van der Waals surface area contributed by atoms with Crippen LogP contribution in [-0.4, -0.2) is 26.9 Å². The first-order valence-corrected chi connectivity index (χ1v) is 9.24. The van der Waals surface area contributed by atoms with Gasteiger partial charge in [0.1, 0.15) is 6.04 Å². The highest BCUT2D eigenvalue weighted by Gasteiger charge is 2.18. The van der Waals surface area contributed by atoms with Gasteiger partial charge in [-0.05, 0) is 29.2 Å². The van der Waals surface area contributed by atoms with Gasteiger partial charge >= 0.3 is 13.6 Å². The molecule has 0 aliphatic rings. The molecular formula is C16H17ClNO5P. The number of carboxylic acid groups (broad SMARTS) is 1. The number of carboxylic acids is 1. The molecule has 0 heterocycles. The minimum atomic E-state index is -4.26. The first kappa shape index (κ1) is 18.6. The van der Waals surface area contributed by atoms with Gasteiger partial charge in [0, 0.05) is 10.6 Å². The van der Waals surface area contributed by atoms with Gasteiger partial charge in [0.25, 0.3) is 0 Å². The largest absolute Gasteiger partial charge is 0.480 e. The third-order valence-electron chi connectivity index (χ3n) is 3.40. The van der Waals surface area contributed by atoms with Gasteiger partial charge in [0.05, 0.1) is 6.16 Å². The van der Waals surface area contributed by atoms with Crippen LogP contribution in [0.5, 0.6) is 0 Å². The average Bonchev–Trinajstić information content (AvgIpc) is 2.45. The molecule has 0 amide bonds. The fourth-order valence-corrected chi connectivity index (χ4v) is 3.30. The second-order valence-electron chi connectivity index (χ2n) is 5.49. The van der Waals surface area contributed by atoms with Crippen LogP contribution in [0.2, 0.25) is 5.02 Å². The quantitative estimate of drug-likeness (QED) is 0.581. The molecule has 128 valence electrons. The fourth-order valence-electron chi connectivity index (χ4n) is 2.40. The zero-order valence-corrected chi connectivity index (χ0v) is 14.2. The lowest BCUT2D eigenvalue weighted by Crippen LogP contribution is -2.32. The lowest BCUT2D eigenvalue weighted by molar-refractivity contribution is -0.138. The van der Waals surface area contributed by atoms with E-state index < -0.39 is 25.8 Å². The number of halogens is 1. The molecule has 0 saturated heterocycles. The maximum atomic E-state index is 11.3. The monoisotopic (exact) mass is 369 g/mol. The van der Waals surface area contributed by atoms with Crippen LogP contribution in [0.4, 0.5) is 0 Å². The maximum absolute atomic E-state index is 11.3. The number of hydrogen-bond donors (Lipinski definition) is 4. The summed E-state index contributed by atoms with van der Waals surface area (Å²) in [4.78, 5) is 29.4. The molecule has 6 nitrogen and oxygen atoms in total. The van der Waals surface area contributed by atoms with E-state index in [-0.39, 0.29) is 6.42 Å². The standard InChI is InChI=1S/C16H17ClNO5P/c17-14-4-2-1-3-13(14)12-6-10(8-15(18)16(19)20)5-11(7-12)9-24(21,22)23/h1-7,15H,8-9,18H2,(H,19,20)(H2,21,22,23)/t15-/m1/s1. The van der Waals surface area contributed by atoms with Crippen molar-refractivity contribution in [3.63, 3.8) is 0 Å². The number of hydrogen-bond acceptors (Lipinski definition) is 3. The third kappa shape index (κ3) is 5.16. The van der Waals surface area contributed by atoms with Gasteiger partial charge in [0.2, 0.25) is 0 Å². The summed E-state index contributed by atoms with van der Waals surface area (Å²) in [7, 11) is -4.26. The van der Waals surface area contributed by atoms with Gasteiger partial charge in [-0.1, -0.05) is 48.0 Å². The molecule has 0 bridgehead atoms. The van der Waals surface area contributed by atoms with Gasteiger partial charge in [-0.3, -0.25) is 9.36 Å². The van der Waals surface area contributed by atoms with Crippen molar-refractivity contribution >= 4 is 25.2 Å². The highest BCUT2D eigenvalue weighted by molar-refractivity contribution is 7.50. The van der Waals surface area contributed by atoms with Crippen LogP contribution in [0, 0.1) is 0 Å². The van der Waals surface area contributed by atoms with E-state index in [1.165, 1.54) is 0 Å². The maximum Gasteiger partial charge on any atom is 0.329 e. The molecule has 0 aliphatic carbocycles. The summed E-state index contributed by atoms with van der Waals surface area (Å²) in [5.74, 6) is -1.14. The van der Waals surface area contributed by atoms with Crippen LogP contribution in [0.1, 0.15) is 11.1 Å². The molecule has 24 heavy (non-hydrogen) atoms. The second kappa shape index (κ2) is 7.47. The van der Waals surface area contributed by atoms with Crippen molar-refractivity contribution in [1.29, 1.82) is 0 Å². The van der Waals surface area contributed by atoms with E-state index in [1.54, 1.807) is 42.5 Å². The van der Waals surface area contributed by atoms with Crippen LogP contribution in [0.15, 0.2) is 42.5 Å². The Morgan fingerprint density at radius 3 is 2.38 bits per heavy atom. The zero-order valence-electron chi connectivity index (χ0n) is 12.6. The Balaban J connectivity index is 2.50. The number of nitrogens with two attached hydrogens (primary N) is 1. The van der Waals surface area contributed by atoms with E-state index in [0.717, 1.165) is 0 Å². The highest BCUT2D eigenvalue weighted by atomic mass is 35.5. The average molecular weight is 370 g/mol. The third-order valence-corrected chi connectivity index (χ3v) is 4.51. The predicted molar refractivity (Wildman–Crippen MR) is 92.0 cm³/mol. The van der Waals surface area contributed by atoms with Crippen LogP contribution in [-0.2, 0) is 21.9 Å². The van der Waals surface area contributed by atoms with E-state index in [0.29, 0.717) is 27.3 Å². The molecule has 5 N–H and O–H groups in total. The van der Waals surface area contributed by atoms with Crippen molar-refractivity contribution < 1.29 is 24.3 Å². The molecule has 0 aliphatic heterocycles. The molecule has 0 aromatic heterocycles. The Kier molecular flexibility index (Phi) is 5.80. The van der Waals surface area contributed by atoms with Gasteiger partial charge in [-0.25, -0.2) is 0 Å². The minimum Gasteiger partial charge on any atom is -0.480 e. The Morgan fingerprint density at radius 2 is 1.79 bits per heavy atom. The van der Waals surface area contributed by atoms with Crippen molar-refractivity contribution in [3.8, 4) is 11.1 Å². The van der Waals surface area contributed by atoms with E-state index in [2.05, 4.69) is 0 Å². The molecule has 8 heteroatoms. The van der Waals surface area contributed by atoms with Crippen molar-refractivity contribution in [2.75, 3.05) is 0 Å². The van der Waals surface area contributed by atoms with Gasteiger partial charge < -0.3 is 20.6 Å². The lowest BCUT2D eigenvalue weighted by atomic mass is 9.97. The van der Waals surface area contributed by atoms with E-state index in [1.807, 2.05) is 0 Å². The lowest BCUT2D eigenvalue weighted by Gasteiger charge is -2.13. The number of rotatable bonds is 6. The summed E-state index contributed by atoms with van der Waals surface area (Å²) in [6.45, 7) is 0. The molecule has 1 atom stereocenters. The zero-order chi connectivity index (χ0) is 17.9. The van der Waals surface area contributed by atoms with E-state index >= 15 is 0 Å². The molecule has 2 aromatic rings. The summed E-state index contributed by atoms with van der Waals surface area (Å²) >= 11 is 6.18. The second-order valence-corrected chi connectivity index (χ2v) is 7.54. The SMILES string of the molecule is N[C@H](Cc1cc(CP(=O)(O)O)cc(-c2ccccc2Cl)c1)C(=O)O. The van der Waals surface area contributed by atoms with Gasteiger partial charge in [-0.15, -0.1) is 0 Å². The molecule has 2 rings (SSSR count). The molecule has 0 radical (unpaired) electrons. The molecule has 0 saturated carbocycles. The summed E-state index contributed by atoms with van der Waals surface area (Å²) in [5, 5.41) is 9.44.